The molecule has 4 heteroatoms. The van der Waals surface area contributed by atoms with E-state index in [9.17, 15) is 0 Å². The lowest BCUT2D eigenvalue weighted by molar-refractivity contribution is 1.01. The molecule has 0 unspecified atom stereocenters. The molecule has 0 atom stereocenters. The quantitative estimate of drug-likeness (QED) is 0.176. The molecule has 0 spiro atoms. The standard InChI is InChI=1S/C54H34N4/c1-3-15-35(16-4-1)36-27-30-39(31-28-36)57-49-26-14-11-23-45(49)52-43-21-8-7-19-40(43)46(34-51(52)57)38-29-32-42-41-20-10-13-25-48(41)58(50(42)33-38)54-55-47-24-12-9-22-44(47)53(56-54)37-17-5-2-6-18-37/h1-34H. The molecule has 0 aliphatic heterocycles. The summed E-state index contributed by atoms with van der Waals surface area (Å²) in [5, 5.41) is 8.31. The highest BCUT2D eigenvalue weighted by Crippen LogP contribution is 2.43. The Kier molecular flexibility index (Phi) is 7.20. The Hall–Kier alpha value is -7.82. The lowest BCUT2D eigenvalue weighted by Crippen LogP contribution is -2.03. The van der Waals surface area contributed by atoms with E-state index in [2.05, 4.69) is 209 Å². The van der Waals surface area contributed by atoms with Crippen LogP contribution in [0.4, 0.5) is 0 Å². The van der Waals surface area contributed by atoms with Gasteiger partial charge in [0.15, 0.2) is 0 Å². The van der Waals surface area contributed by atoms with Gasteiger partial charge in [-0.05, 0) is 75.5 Å². The Morgan fingerprint density at radius 3 is 1.62 bits per heavy atom. The third-order valence-corrected chi connectivity index (χ3v) is 11.7. The Bertz CT molecular complexity index is 3540. The van der Waals surface area contributed by atoms with Gasteiger partial charge in [0.1, 0.15) is 0 Å². The highest BCUT2D eigenvalue weighted by molar-refractivity contribution is 6.24. The van der Waals surface area contributed by atoms with Crippen LogP contribution in [0.3, 0.4) is 0 Å². The van der Waals surface area contributed by atoms with Gasteiger partial charge in [-0.3, -0.25) is 4.57 Å². The van der Waals surface area contributed by atoms with Crippen LogP contribution in [0.2, 0.25) is 0 Å². The monoisotopic (exact) mass is 738 g/mol. The number of fused-ring (bicyclic) bond motifs is 9. The molecule has 0 aliphatic rings. The summed E-state index contributed by atoms with van der Waals surface area (Å²) >= 11 is 0. The van der Waals surface area contributed by atoms with E-state index in [1.165, 1.54) is 54.7 Å². The summed E-state index contributed by atoms with van der Waals surface area (Å²) in [6.07, 6.45) is 0. The van der Waals surface area contributed by atoms with Gasteiger partial charge < -0.3 is 4.57 Å². The van der Waals surface area contributed by atoms with Gasteiger partial charge in [-0.1, -0.05) is 164 Å². The summed E-state index contributed by atoms with van der Waals surface area (Å²) in [6.45, 7) is 0. The van der Waals surface area contributed by atoms with E-state index >= 15 is 0 Å². The van der Waals surface area contributed by atoms with Crippen LogP contribution >= 0.6 is 0 Å². The number of benzene rings is 9. The van der Waals surface area contributed by atoms with Crippen LogP contribution < -0.4 is 0 Å². The molecule has 0 radical (unpaired) electrons. The third kappa shape index (κ3) is 4.95. The van der Waals surface area contributed by atoms with Crippen molar-refractivity contribution in [2.24, 2.45) is 0 Å². The van der Waals surface area contributed by atoms with Gasteiger partial charge in [-0.15, -0.1) is 0 Å². The van der Waals surface area contributed by atoms with Crippen molar-refractivity contribution < 1.29 is 0 Å². The van der Waals surface area contributed by atoms with Crippen molar-refractivity contribution in [3.8, 4) is 45.1 Å². The zero-order chi connectivity index (χ0) is 38.2. The number of hydrogen-bond donors (Lipinski definition) is 0. The van der Waals surface area contributed by atoms with Crippen molar-refractivity contribution >= 4 is 65.3 Å². The average Bonchev–Trinajstić information content (AvgIpc) is 3.81. The van der Waals surface area contributed by atoms with Gasteiger partial charge in [0.2, 0.25) is 5.95 Å². The maximum Gasteiger partial charge on any atom is 0.235 e. The van der Waals surface area contributed by atoms with E-state index in [4.69, 9.17) is 9.97 Å². The van der Waals surface area contributed by atoms with Crippen molar-refractivity contribution in [3.05, 3.63) is 206 Å². The van der Waals surface area contributed by atoms with Gasteiger partial charge in [0.25, 0.3) is 0 Å². The van der Waals surface area contributed by atoms with Crippen LogP contribution in [0, 0.1) is 0 Å². The molecule has 0 saturated heterocycles. The summed E-state index contributed by atoms with van der Waals surface area (Å²) in [5.41, 5.74) is 13.2. The topological polar surface area (TPSA) is 35.6 Å². The van der Waals surface area contributed by atoms with Gasteiger partial charge in [0.05, 0.1) is 33.3 Å². The number of nitrogens with zero attached hydrogens (tertiary/aromatic N) is 4. The molecular formula is C54H34N4. The maximum absolute atomic E-state index is 5.35. The molecule has 0 fully saturated rings. The molecule has 9 aromatic carbocycles. The molecule has 0 aliphatic carbocycles. The number of rotatable bonds is 5. The fourth-order valence-corrected chi connectivity index (χ4v) is 9.11. The number of hydrogen-bond acceptors (Lipinski definition) is 2. The maximum atomic E-state index is 5.35. The highest BCUT2D eigenvalue weighted by atomic mass is 15.2. The first-order chi connectivity index (χ1) is 28.8. The SMILES string of the molecule is c1ccc(-c2ccc(-n3c4ccccc4c4c5ccccc5c(-c5ccc6c7ccccc7n(-c7nc(-c8ccccc8)c8ccccc8n7)c6c5)cc43)cc2)cc1. The van der Waals surface area contributed by atoms with Crippen LogP contribution in [-0.4, -0.2) is 19.1 Å². The van der Waals surface area contributed by atoms with Gasteiger partial charge >= 0.3 is 0 Å². The normalized spacial score (nSPS) is 11.8. The van der Waals surface area contributed by atoms with Gasteiger partial charge in [0, 0.05) is 38.2 Å². The zero-order valence-corrected chi connectivity index (χ0v) is 31.4. The van der Waals surface area contributed by atoms with E-state index in [1.54, 1.807) is 0 Å². The number of aromatic nitrogens is 4. The second-order valence-electron chi connectivity index (χ2n) is 15.0. The zero-order valence-electron chi connectivity index (χ0n) is 31.4. The van der Waals surface area contributed by atoms with Gasteiger partial charge in [-0.25, -0.2) is 9.97 Å². The molecular weight excluding hydrogens is 705 g/mol. The molecule has 3 aromatic heterocycles. The van der Waals surface area contributed by atoms with Crippen molar-refractivity contribution in [1.29, 1.82) is 0 Å². The summed E-state index contributed by atoms with van der Waals surface area (Å²) in [4.78, 5) is 10.6. The van der Waals surface area contributed by atoms with Crippen molar-refractivity contribution in [1.82, 2.24) is 19.1 Å². The Morgan fingerprint density at radius 2 is 0.862 bits per heavy atom. The molecule has 58 heavy (non-hydrogen) atoms. The average molecular weight is 739 g/mol. The summed E-state index contributed by atoms with van der Waals surface area (Å²) in [5.74, 6) is 0.653. The first-order valence-corrected chi connectivity index (χ1v) is 19.8. The van der Waals surface area contributed by atoms with Crippen LogP contribution in [0.1, 0.15) is 0 Å². The summed E-state index contributed by atoms with van der Waals surface area (Å²) in [6, 6.07) is 73.9. The minimum absolute atomic E-state index is 0.653. The molecule has 0 bridgehead atoms. The van der Waals surface area contributed by atoms with Crippen LogP contribution in [0.25, 0.3) is 110 Å². The Balaban J connectivity index is 1.12. The van der Waals surface area contributed by atoms with E-state index in [0.29, 0.717) is 5.95 Å². The minimum Gasteiger partial charge on any atom is -0.309 e. The molecule has 3 heterocycles. The Labute approximate surface area is 334 Å². The molecule has 270 valence electrons. The lowest BCUT2D eigenvalue weighted by Gasteiger charge is -2.14. The second-order valence-corrected chi connectivity index (χ2v) is 15.0. The largest absolute Gasteiger partial charge is 0.309 e. The summed E-state index contributed by atoms with van der Waals surface area (Å²) in [7, 11) is 0. The first kappa shape index (κ1) is 32.4. The first-order valence-electron chi connectivity index (χ1n) is 19.8. The summed E-state index contributed by atoms with van der Waals surface area (Å²) < 4.78 is 4.68. The number of para-hydroxylation sites is 3. The van der Waals surface area contributed by atoms with Crippen molar-refractivity contribution in [3.63, 3.8) is 0 Å². The molecule has 12 rings (SSSR count). The van der Waals surface area contributed by atoms with E-state index in [1.807, 2.05) is 6.07 Å². The van der Waals surface area contributed by atoms with Crippen LogP contribution in [0.15, 0.2) is 206 Å². The molecule has 0 N–H and O–H groups in total. The van der Waals surface area contributed by atoms with E-state index < -0.39 is 0 Å². The fraction of sp³-hybridized carbons (Fsp3) is 0. The second kappa shape index (κ2) is 12.9. The molecule has 4 nitrogen and oxygen atoms in total. The lowest BCUT2D eigenvalue weighted by atomic mass is 9.94. The predicted octanol–water partition coefficient (Wildman–Crippen LogP) is 14.0. The fourth-order valence-electron chi connectivity index (χ4n) is 9.11. The van der Waals surface area contributed by atoms with Crippen molar-refractivity contribution in [2.45, 2.75) is 0 Å². The highest BCUT2D eigenvalue weighted by Gasteiger charge is 2.21. The van der Waals surface area contributed by atoms with Crippen LogP contribution in [-0.2, 0) is 0 Å². The van der Waals surface area contributed by atoms with E-state index in [0.717, 1.165) is 49.8 Å². The molecule has 12 aromatic rings. The van der Waals surface area contributed by atoms with Gasteiger partial charge in [-0.2, -0.15) is 0 Å². The predicted molar refractivity (Wildman–Crippen MR) is 242 cm³/mol. The smallest absolute Gasteiger partial charge is 0.235 e. The van der Waals surface area contributed by atoms with Crippen molar-refractivity contribution in [2.75, 3.05) is 0 Å². The molecule has 0 amide bonds. The molecule has 0 saturated carbocycles. The van der Waals surface area contributed by atoms with Crippen LogP contribution in [0.5, 0.6) is 0 Å². The minimum atomic E-state index is 0.653. The Morgan fingerprint density at radius 1 is 0.310 bits per heavy atom. The van der Waals surface area contributed by atoms with E-state index in [-0.39, 0.29) is 0 Å². The third-order valence-electron chi connectivity index (χ3n) is 11.7.